The van der Waals surface area contributed by atoms with Gasteiger partial charge < -0.3 is 14.8 Å². The Morgan fingerprint density at radius 3 is 3.09 bits per heavy atom. The molecule has 7 heteroatoms. The van der Waals surface area contributed by atoms with Crippen molar-refractivity contribution in [2.45, 2.75) is 18.9 Å². The van der Waals surface area contributed by atoms with Gasteiger partial charge in [-0.1, -0.05) is 0 Å². The third-order valence-corrected chi connectivity index (χ3v) is 3.75. The van der Waals surface area contributed by atoms with E-state index in [9.17, 15) is 10.1 Å². The van der Waals surface area contributed by atoms with Crippen molar-refractivity contribution in [2.24, 2.45) is 0 Å². The molecule has 2 heterocycles. The predicted molar refractivity (Wildman–Crippen MR) is 86.7 cm³/mol. The normalized spacial score (nSPS) is 17.5. The van der Waals surface area contributed by atoms with Crippen LogP contribution in [0.2, 0.25) is 0 Å². The van der Waals surface area contributed by atoms with Crippen molar-refractivity contribution < 1.29 is 14.4 Å². The largest absolute Gasteiger partial charge is 0.379 e. The highest BCUT2D eigenvalue weighted by atomic mass is 16.6. The van der Waals surface area contributed by atoms with Gasteiger partial charge in [0.25, 0.3) is 5.69 Å². The van der Waals surface area contributed by atoms with Crippen LogP contribution in [0.3, 0.4) is 0 Å². The number of nitro groups is 1. The van der Waals surface area contributed by atoms with E-state index in [1.54, 1.807) is 6.07 Å². The number of aromatic nitrogens is 1. The second-order valence-electron chi connectivity index (χ2n) is 5.47. The first-order valence-corrected chi connectivity index (χ1v) is 7.71. The van der Waals surface area contributed by atoms with Crippen LogP contribution < -0.4 is 5.32 Å². The van der Waals surface area contributed by atoms with Gasteiger partial charge in [0.15, 0.2) is 0 Å². The molecular weight excluding hydrogens is 298 g/mol. The average molecular weight is 317 g/mol. The Morgan fingerprint density at radius 2 is 2.30 bits per heavy atom. The summed E-state index contributed by atoms with van der Waals surface area (Å²) < 4.78 is 11.0. The Bertz CT molecular complexity index is 686. The molecule has 0 bridgehead atoms. The van der Waals surface area contributed by atoms with Crippen molar-refractivity contribution >= 4 is 22.4 Å². The van der Waals surface area contributed by atoms with Crippen molar-refractivity contribution in [3.05, 3.63) is 40.4 Å². The van der Waals surface area contributed by atoms with Gasteiger partial charge in [-0.2, -0.15) is 0 Å². The van der Waals surface area contributed by atoms with Crippen LogP contribution in [0.1, 0.15) is 12.8 Å². The van der Waals surface area contributed by atoms with E-state index >= 15 is 0 Å². The number of hydrogen-bond donors (Lipinski definition) is 1. The summed E-state index contributed by atoms with van der Waals surface area (Å²) in [7, 11) is 0. The van der Waals surface area contributed by atoms with E-state index in [4.69, 9.17) is 9.47 Å². The summed E-state index contributed by atoms with van der Waals surface area (Å²) in [4.78, 5) is 14.8. The second kappa shape index (κ2) is 7.34. The summed E-state index contributed by atoms with van der Waals surface area (Å²) in [6, 6.07) is 8.34. The number of pyridine rings is 1. The minimum absolute atomic E-state index is 0.0769. The average Bonchev–Trinajstić information content (AvgIpc) is 3.07. The lowest BCUT2D eigenvalue weighted by Crippen LogP contribution is -2.15. The number of hydrogen-bond acceptors (Lipinski definition) is 6. The number of fused-ring (bicyclic) bond motifs is 1. The van der Waals surface area contributed by atoms with Gasteiger partial charge in [0, 0.05) is 37.3 Å². The van der Waals surface area contributed by atoms with Crippen molar-refractivity contribution in [1.29, 1.82) is 0 Å². The second-order valence-corrected chi connectivity index (χ2v) is 5.47. The number of nitrogens with one attached hydrogen (secondary N) is 1. The number of anilines is 1. The summed E-state index contributed by atoms with van der Waals surface area (Å²) in [6.45, 7) is 2.95. The predicted octanol–water partition coefficient (Wildman–Crippen LogP) is 2.75. The zero-order valence-corrected chi connectivity index (χ0v) is 12.7. The summed E-state index contributed by atoms with van der Waals surface area (Å²) in [6.07, 6.45) is 2.10. The molecule has 1 aromatic carbocycles. The fourth-order valence-electron chi connectivity index (χ4n) is 2.51. The monoisotopic (exact) mass is 317 g/mol. The minimum atomic E-state index is -0.402. The van der Waals surface area contributed by atoms with Crippen LogP contribution in [0.25, 0.3) is 10.9 Å². The molecule has 7 nitrogen and oxygen atoms in total. The molecule has 1 unspecified atom stereocenters. The molecule has 0 spiro atoms. The van der Waals surface area contributed by atoms with Crippen LogP contribution >= 0.6 is 0 Å². The molecule has 1 N–H and O–H groups in total. The first-order valence-electron chi connectivity index (χ1n) is 7.71. The van der Waals surface area contributed by atoms with E-state index in [0.29, 0.717) is 13.2 Å². The van der Waals surface area contributed by atoms with E-state index < -0.39 is 4.92 Å². The minimum Gasteiger partial charge on any atom is -0.379 e. The molecule has 1 aromatic heterocycles. The van der Waals surface area contributed by atoms with Crippen molar-refractivity contribution in [3.8, 4) is 0 Å². The summed E-state index contributed by atoms with van der Waals surface area (Å²) in [5.74, 6) is 0.760. The number of ether oxygens (including phenoxy) is 2. The van der Waals surface area contributed by atoms with Crippen LogP contribution in [0, 0.1) is 10.1 Å². The number of nitro benzene ring substituents is 1. The standard InChI is InChI=1S/C16H19N3O4/c20-19(21)13-3-4-15-12(10-13)2-5-16(18-15)17-7-1-8-23-14-6-9-22-11-14/h2-5,10,14H,1,6-9,11H2,(H,17,18). The topological polar surface area (TPSA) is 86.5 Å². The van der Waals surface area contributed by atoms with E-state index in [0.717, 1.165) is 42.7 Å². The maximum Gasteiger partial charge on any atom is 0.270 e. The third-order valence-electron chi connectivity index (χ3n) is 3.75. The Kier molecular flexibility index (Phi) is 4.99. The van der Waals surface area contributed by atoms with Gasteiger partial charge >= 0.3 is 0 Å². The fraction of sp³-hybridized carbons (Fsp3) is 0.438. The Morgan fingerprint density at radius 1 is 1.39 bits per heavy atom. The van der Waals surface area contributed by atoms with Gasteiger partial charge in [-0.05, 0) is 31.0 Å². The van der Waals surface area contributed by atoms with Crippen LogP contribution in [-0.4, -0.2) is 42.4 Å². The number of benzene rings is 1. The Hall–Kier alpha value is -2.25. The summed E-state index contributed by atoms with van der Waals surface area (Å²) in [5, 5.41) is 14.8. The highest BCUT2D eigenvalue weighted by Crippen LogP contribution is 2.21. The molecule has 0 amide bonds. The van der Waals surface area contributed by atoms with Crippen molar-refractivity contribution in [2.75, 3.05) is 31.7 Å². The van der Waals surface area contributed by atoms with Gasteiger partial charge in [0.05, 0.1) is 23.2 Å². The molecule has 1 aliphatic rings. The van der Waals surface area contributed by atoms with Crippen molar-refractivity contribution in [1.82, 2.24) is 4.98 Å². The lowest BCUT2D eigenvalue weighted by molar-refractivity contribution is -0.384. The van der Waals surface area contributed by atoms with Crippen molar-refractivity contribution in [3.63, 3.8) is 0 Å². The number of nitrogens with zero attached hydrogens (tertiary/aromatic N) is 2. The van der Waals surface area contributed by atoms with Gasteiger partial charge in [0.1, 0.15) is 5.82 Å². The molecule has 1 saturated heterocycles. The molecule has 1 aliphatic heterocycles. The van der Waals surface area contributed by atoms with E-state index in [2.05, 4.69) is 10.3 Å². The van der Waals surface area contributed by atoms with E-state index in [1.165, 1.54) is 12.1 Å². The van der Waals surface area contributed by atoms with E-state index in [1.807, 2.05) is 12.1 Å². The molecular formula is C16H19N3O4. The molecule has 0 aliphatic carbocycles. The van der Waals surface area contributed by atoms with Crippen LogP contribution in [0.5, 0.6) is 0 Å². The maximum absolute atomic E-state index is 10.8. The lowest BCUT2D eigenvalue weighted by Gasteiger charge is -2.10. The molecule has 0 saturated carbocycles. The SMILES string of the molecule is O=[N+]([O-])c1ccc2nc(NCCCOC3CCOC3)ccc2c1. The molecule has 122 valence electrons. The first kappa shape index (κ1) is 15.6. The zero-order valence-electron chi connectivity index (χ0n) is 12.7. The highest BCUT2D eigenvalue weighted by molar-refractivity contribution is 5.82. The van der Waals surface area contributed by atoms with Gasteiger partial charge in [-0.25, -0.2) is 4.98 Å². The molecule has 1 atom stereocenters. The third kappa shape index (κ3) is 4.14. The molecule has 3 rings (SSSR count). The lowest BCUT2D eigenvalue weighted by atomic mass is 10.2. The number of non-ortho nitro benzene ring substituents is 1. The van der Waals surface area contributed by atoms with Gasteiger partial charge in [-0.3, -0.25) is 10.1 Å². The summed E-state index contributed by atoms with van der Waals surface area (Å²) in [5.41, 5.74) is 0.813. The smallest absolute Gasteiger partial charge is 0.270 e. The first-order chi connectivity index (χ1) is 11.2. The number of rotatable bonds is 7. The maximum atomic E-state index is 10.8. The zero-order chi connectivity index (χ0) is 16.1. The molecule has 0 radical (unpaired) electrons. The highest BCUT2D eigenvalue weighted by Gasteiger charge is 2.15. The molecule has 1 fully saturated rings. The quantitative estimate of drug-likeness (QED) is 0.480. The van der Waals surface area contributed by atoms with Gasteiger partial charge in [0.2, 0.25) is 0 Å². The molecule has 23 heavy (non-hydrogen) atoms. The Balaban J connectivity index is 1.50. The molecule has 2 aromatic rings. The summed E-state index contributed by atoms with van der Waals surface area (Å²) >= 11 is 0. The van der Waals surface area contributed by atoms with E-state index in [-0.39, 0.29) is 11.8 Å². The van der Waals surface area contributed by atoms with Crippen LogP contribution in [0.4, 0.5) is 11.5 Å². The van der Waals surface area contributed by atoms with Crippen LogP contribution in [0.15, 0.2) is 30.3 Å². The fourth-order valence-corrected chi connectivity index (χ4v) is 2.51. The van der Waals surface area contributed by atoms with Gasteiger partial charge in [-0.15, -0.1) is 0 Å². The van der Waals surface area contributed by atoms with Crippen LogP contribution in [-0.2, 0) is 9.47 Å². The Labute approximate surface area is 133 Å².